The third kappa shape index (κ3) is 5.05. The molecule has 0 saturated carbocycles. The first kappa shape index (κ1) is 19.3. The van der Waals surface area contributed by atoms with E-state index in [9.17, 15) is 9.59 Å². The molecule has 1 aliphatic heterocycles. The standard InChI is InChI=1S/C21H27N3O3/c1-16(18-9-5-7-17-6-3-4-8-19(17)18)22-20(25)14-23(2)15-21(26)24-10-12-27-13-11-24/h3-9,16H,10-15H2,1-2H3,(H,22,25)/p+1/t16-/m0/s1. The molecule has 1 unspecified atom stereocenters. The van der Waals surface area contributed by atoms with Crippen molar-refractivity contribution < 1.29 is 19.2 Å². The van der Waals surface area contributed by atoms with E-state index < -0.39 is 0 Å². The molecule has 0 spiro atoms. The van der Waals surface area contributed by atoms with Gasteiger partial charge in [0.25, 0.3) is 11.8 Å². The number of fused-ring (bicyclic) bond motifs is 1. The van der Waals surface area contributed by atoms with E-state index in [0.717, 1.165) is 21.2 Å². The number of benzene rings is 2. The van der Waals surface area contributed by atoms with Crippen LogP contribution in [0.15, 0.2) is 42.5 Å². The summed E-state index contributed by atoms with van der Waals surface area (Å²) in [6.45, 7) is 5.03. The number of hydrogen-bond donors (Lipinski definition) is 2. The number of rotatable bonds is 6. The van der Waals surface area contributed by atoms with Gasteiger partial charge in [0, 0.05) is 13.1 Å². The number of quaternary nitrogens is 1. The molecule has 2 aromatic rings. The Hall–Kier alpha value is -2.44. The van der Waals surface area contributed by atoms with Crippen LogP contribution in [0.3, 0.4) is 0 Å². The largest absolute Gasteiger partial charge is 0.378 e. The topological polar surface area (TPSA) is 63.1 Å². The SMILES string of the molecule is C[C@H](NC(=O)C[NH+](C)CC(=O)N1CCOCC1)c1cccc2ccccc12. The Morgan fingerprint density at radius 1 is 1.11 bits per heavy atom. The summed E-state index contributed by atoms with van der Waals surface area (Å²) in [6.07, 6.45) is 0. The number of ether oxygens (including phenoxy) is 1. The van der Waals surface area contributed by atoms with E-state index in [1.807, 2.05) is 43.1 Å². The lowest BCUT2D eigenvalue weighted by molar-refractivity contribution is -0.863. The number of nitrogens with one attached hydrogen (secondary N) is 2. The van der Waals surface area contributed by atoms with Gasteiger partial charge in [0.05, 0.1) is 26.3 Å². The molecule has 6 nitrogen and oxygen atoms in total. The molecule has 1 saturated heterocycles. The van der Waals surface area contributed by atoms with Crippen LogP contribution < -0.4 is 10.2 Å². The van der Waals surface area contributed by atoms with E-state index in [0.29, 0.717) is 32.8 Å². The van der Waals surface area contributed by atoms with Crippen LogP contribution in [0.2, 0.25) is 0 Å². The van der Waals surface area contributed by atoms with E-state index in [2.05, 4.69) is 23.5 Å². The number of nitrogens with zero attached hydrogens (tertiary/aromatic N) is 1. The average molecular weight is 370 g/mol. The van der Waals surface area contributed by atoms with Gasteiger partial charge in [-0.1, -0.05) is 42.5 Å². The molecule has 0 aromatic heterocycles. The maximum absolute atomic E-state index is 12.5. The lowest BCUT2D eigenvalue weighted by Crippen LogP contribution is -3.11. The second-order valence-electron chi connectivity index (χ2n) is 7.16. The van der Waals surface area contributed by atoms with Gasteiger partial charge in [0.15, 0.2) is 13.1 Å². The third-order valence-corrected chi connectivity index (χ3v) is 4.95. The summed E-state index contributed by atoms with van der Waals surface area (Å²) in [7, 11) is 1.88. The van der Waals surface area contributed by atoms with Crippen molar-refractivity contribution >= 4 is 22.6 Å². The van der Waals surface area contributed by atoms with E-state index >= 15 is 0 Å². The predicted molar refractivity (Wildman–Crippen MR) is 105 cm³/mol. The highest BCUT2D eigenvalue weighted by molar-refractivity contribution is 5.87. The van der Waals surface area contributed by atoms with Crippen molar-refractivity contribution in [1.29, 1.82) is 0 Å². The number of amides is 2. The van der Waals surface area contributed by atoms with E-state index in [1.165, 1.54) is 0 Å². The molecule has 1 fully saturated rings. The monoisotopic (exact) mass is 370 g/mol. The van der Waals surface area contributed by atoms with Crippen molar-refractivity contribution in [1.82, 2.24) is 10.2 Å². The zero-order valence-electron chi connectivity index (χ0n) is 16.0. The van der Waals surface area contributed by atoms with Gasteiger partial charge in [-0.05, 0) is 23.3 Å². The maximum atomic E-state index is 12.5. The molecule has 1 heterocycles. The van der Waals surface area contributed by atoms with Crippen molar-refractivity contribution in [3.63, 3.8) is 0 Å². The molecule has 2 N–H and O–H groups in total. The van der Waals surface area contributed by atoms with Gasteiger partial charge >= 0.3 is 0 Å². The molecule has 2 amide bonds. The van der Waals surface area contributed by atoms with Crippen LogP contribution in [0.5, 0.6) is 0 Å². The minimum Gasteiger partial charge on any atom is -0.378 e. The van der Waals surface area contributed by atoms with Crippen LogP contribution >= 0.6 is 0 Å². The summed E-state index contributed by atoms with van der Waals surface area (Å²) < 4.78 is 5.27. The Morgan fingerprint density at radius 2 is 1.81 bits per heavy atom. The molecule has 6 heteroatoms. The number of carbonyl (C=O) groups excluding carboxylic acids is 2. The first-order valence-electron chi connectivity index (χ1n) is 9.48. The Bertz CT molecular complexity index is 797. The smallest absolute Gasteiger partial charge is 0.277 e. The van der Waals surface area contributed by atoms with Gasteiger partial charge in [-0.2, -0.15) is 0 Å². The summed E-state index contributed by atoms with van der Waals surface area (Å²) in [5.74, 6) is 0.0217. The Labute approximate surface area is 160 Å². The Morgan fingerprint density at radius 3 is 2.59 bits per heavy atom. The van der Waals surface area contributed by atoms with Gasteiger partial charge in [0.2, 0.25) is 0 Å². The van der Waals surface area contributed by atoms with Crippen molar-refractivity contribution in [3.8, 4) is 0 Å². The Kier molecular flexibility index (Phi) is 6.42. The van der Waals surface area contributed by atoms with Crippen LogP contribution in [0, 0.1) is 0 Å². The molecule has 1 aliphatic rings. The molecule has 0 bridgehead atoms. The third-order valence-electron chi connectivity index (χ3n) is 4.95. The fourth-order valence-corrected chi connectivity index (χ4v) is 3.52. The first-order chi connectivity index (χ1) is 13.0. The molecule has 0 radical (unpaired) electrons. The second-order valence-corrected chi connectivity index (χ2v) is 7.16. The second kappa shape index (κ2) is 8.97. The molecular formula is C21H28N3O3+. The minimum absolute atomic E-state index is 0.0530. The predicted octanol–water partition coefficient (Wildman–Crippen LogP) is 0.391. The summed E-state index contributed by atoms with van der Waals surface area (Å²) in [5, 5.41) is 5.38. The average Bonchev–Trinajstić information content (AvgIpc) is 2.67. The highest BCUT2D eigenvalue weighted by Gasteiger charge is 2.22. The summed E-state index contributed by atoms with van der Waals surface area (Å²) >= 11 is 0. The number of hydrogen-bond acceptors (Lipinski definition) is 3. The van der Waals surface area contributed by atoms with Crippen LogP contribution in [-0.2, 0) is 14.3 Å². The number of carbonyl (C=O) groups is 2. The maximum Gasteiger partial charge on any atom is 0.277 e. The minimum atomic E-state index is -0.0913. The first-order valence-corrected chi connectivity index (χ1v) is 9.48. The fourth-order valence-electron chi connectivity index (χ4n) is 3.52. The van der Waals surface area contributed by atoms with Gasteiger partial charge in [0.1, 0.15) is 0 Å². The van der Waals surface area contributed by atoms with E-state index in [4.69, 9.17) is 4.74 Å². The summed E-state index contributed by atoms with van der Waals surface area (Å²) in [6, 6.07) is 14.2. The zero-order chi connectivity index (χ0) is 19.2. The van der Waals surface area contributed by atoms with Crippen LogP contribution in [0.4, 0.5) is 0 Å². The molecular weight excluding hydrogens is 342 g/mol. The van der Waals surface area contributed by atoms with Crippen LogP contribution in [-0.4, -0.2) is 63.2 Å². The van der Waals surface area contributed by atoms with Crippen molar-refractivity contribution in [2.75, 3.05) is 46.4 Å². The van der Waals surface area contributed by atoms with Gasteiger partial charge < -0.3 is 19.9 Å². The van der Waals surface area contributed by atoms with Crippen molar-refractivity contribution in [2.24, 2.45) is 0 Å². The molecule has 0 aliphatic carbocycles. The quantitative estimate of drug-likeness (QED) is 0.773. The molecule has 2 aromatic carbocycles. The number of morpholine rings is 1. The molecule has 27 heavy (non-hydrogen) atoms. The molecule has 2 atom stereocenters. The molecule has 3 rings (SSSR count). The lowest BCUT2D eigenvalue weighted by Gasteiger charge is -2.27. The van der Waals surface area contributed by atoms with Crippen LogP contribution in [0.25, 0.3) is 10.8 Å². The normalized spacial score (nSPS) is 16.7. The van der Waals surface area contributed by atoms with Crippen LogP contribution in [0.1, 0.15) is 18.5 Å². The Balaban J connectivity index is 1.54. The van der Waals surface area contributed by atoms with E-state index in [-0.39, 0.29) is 24.4 Å². The zero-order valence-corrected chi connectivity index (χ0v) is 16.0. The summed E-state index contributed by atoms with van der Waals surface area (Å²) in [5.41, 5.74) is 1.10. The highest BCUT2D eigenvalue weighted by atomic mass is 16.5. The summed E-state index contributed by atoms with van der Waals surface area (Å²) in [4.78, 5) is 27.4. The van der Waals surface area contributed by atoms with Gasteiger partial charge in [-0.15, -0.1) is 0 Å². The highest BCUT2D eigenvalue weighted by Crippen LogP contribution is 2.23. The van der Waals surface area contributed by atoms with Gasteiger partial charge in [-0.3, -0.25) is 9.59 Å². The fraction of sp³-hybridized carbons (Fsp3) is 0.429. The van der Waals surface area contributed by atoms with Crippen molar-refractivity contribution in [3.05, 3.63) is 48.0 Å². The number of likely N-dealkylation sites (N-methyl/N-ethyl adjacent to an activating group) is 1. The van der Waals surface area contributed by atoms with Gasteiger partial charge in [-0.25, -0.2) is 0 Å². The lowest BCUT2D eigenvalue weighted by atomic mass is 10.00. The van der Waals surface area contributed by atoms with E-state index in [1.54, 1.807) is 0 Å². The molecule has 144 valence electrons. The van der Waals surface area contributed by atoms with Crippen molar-refractivity contribution in [2.45, 2.75) is 13.0 Å².